The maximum Gasteiger partial charge on any atom is 0.315 e. The predicted molar refractivity (Wildman–Crippen MR) is 153 cm³/mol. The van der Waals surface area contributed by atoms with E-state index in [1.165, 1.54) is 0 Å². The first-order chi connectivity index (χ1) is 18.8. The third-order valence-electron chi connectivity index (χ3n) is 9.34. The smallest absolute Gasteiger partial charge is 0.315 e. The van der Waals surface area contributed by atoms with Gasteiger partial charge < -0.3 is 26.6 Å². The van der Waals surface area contributed by atoms with Crippen molar-refractivity contribution in [2.45, 2.75) is 97.2 Å². The van der Waals surface area contributed by atoms with Gasteiger partial charge in [0, 0.05) is 25.3 Å². The monoisotopic (exact) mass is 597 g/mol. The van der Waals surface area contributed by atoms with Crippen molar-refractivity contribution < 1.29 is 32.4 Å². The van der Waals surface area contributed by atoms with Crippen LogP contribution in [0.25, 0.3) is 0 Å². The molecule has 2 heterocycles. The fraction of sp³-hybridized carbons (Fsp3) is 0.821. The lowest BCUT2D eigenvalue weighted by Crippen LogP contribution is -2.70. The molecular weight excluding hydrogens is 550 g/mol. The van der Waals surface area contributed by atoms with Gasteiger partial charge in [-0.3, -0.25) is 19.2 Å². The number of primary amides is 1. The molecule has 0 radical (unpaired) electrons. The van der Waals surface area contributed by atoms with Gasteiger partial charge in [0.2, 0.25) is 17.6 Å². The number of nitrogens with one attached hydrogen (secondary N) is 3. The molecule has 0 aromatic carbocycles. The lowest BCUT2D eigenvalue weighted by Gasteiger charge is -2.64. The number of carbonyl (C=O) groups excluding carboxylic acids is 5. The standard InChI is InChI=1S/C28H47N5O7S/c1-26(2,3)22(31-25(38)32-28(16-41(6,39)40)10-8-7-9-11-28)24(37)33-15-17-12-18(27(17,4)5)19(33)13-21(35)30-14-20(34)23(29)36/h17-19,22H,7-16H2,1-6H3,(H2,29,36)(H,30,35)(H2,31,32,38)/t17-,18+,19-,22?/m1/s1. The number of fused-ring (bicyclic) bond motifs is 2. The highest BCUT2D eigenvalue weighted by molar-refractivity contribution is 7.90. The molecule has 2 saturated carbocycles. The molecule has 0 aromatic rings. The topological polar surface area (TPSA) is 185 Å². The quantitative estimate of drug-likeness (QED) is 0.269. The molecule has 2 saturated heterocycles. The molecule has 1 unspecified atom stereocenters. The number of amides is 5. The van der Waals surface area contributed by atoms with E-state index in [-0.39, 0.29) is 35.3 Å². The van der Waals surface area contributed by atoms with E-state index in [2.05, 4.69) is 29.8 Å². The van der Waals surface area contributed by atoms with Crippen molar-refractivity contribution in [1.82, 2.24) is 20.9 Å². The summed E-state index contributed by atoms with van der Waals surface area (Å²) in [6.45, 7) is 9.68. The molecule has 232 valence electrons. The van der Waals surface area contributed by atoms with Crippen LogP contribution in [0.4, 0.5) is 4.79 Å². The Morgan fingerprint density at radius 1 is 1.05 bits per heavy atom. The van der Waals surface area contributed by atoms with Crippen LogP contribution in [0.1, 0.15) is 79.6 Å². The fourth-order valence-electron chi connectivity index (χ4n) is 6.90. The van der Waals surface area contributed by atoms with Gasteiger partial charge in [0.1, 0.15) is 15.9 Å². The van der Waals surface area contributed by atoms with Gasteiger partial charge in [-0.1, -0.05) is 53.9 Å². The van der Waals surface area contributed by atoms with Crippen LogP contribution in [0.5, 0.6) is 0 Å². The zero-order valence-corrected chi connectivity index (χ0v) is 26.0. The molecule has 0 spiro atoms. The molecule has 13 heteroatoms. The van der Waals surface area contributed by atoms with Crippen LogP contribution in [-0.4, -0.2) is 85.6 Å². The van der Waals surface area contributed by atoms with E-state index < -0.39 is 63.0 Å². The molecule has 5 amide bonds. The Labute approximate surface area is 243 Å². The average molecular weight is 598 g/mol. The summed E-state index contributed by atoms with van der Waals surface area (Å²) in [5.41, 5.74) is 3.31. The zero-order valence-electron chi connectivity index (χ0n) is 25.2. The minimum Gasteiger partial charge on any atom is -0.363 e. The third-order valence-corrected chi connectivity index (χ3v) is 10.4. The van der Waals surface area contributed by atoms with Crippen LogP contribution in [0, 0.1) is 22.7 Å². The van der Waals surface area contributed by atoms with Crippen molar-refractivity contribution in [2.75, 3.05) is 25.1 Å². The van der Waals surface area contributed by atoms with E-state index in [9.17, 15) is 32.4 Å². The molecule has 4 aliphatic rings. The maximum atomic E-state index is 14.1. The Hall–Kier alpha value is -2.70. The van der Waals surface area contributed by atoms with Crippen molar-refractivity contribution in [2.24, 2.45) is 28.4 Å². The summed E-state index contributed by atoms with van der Waals surface area (Å²) < 4.78 is 24.4. The number of ketones is 1. The van der Waals surface area contributed by atoms with Crippen LogP contribution in [0.3, 0.4) is 0 Å². The highest BCUT2D eigenvalue weighted by Gasteiger charge is 2.59. The van der Waals surface area contributed by atoms with Gasteiger partial charge in [-0.05, 0) is 41.9 Å². The number of Topliss-reactive ketones (excluding diaryl/α,β-unsaturated/α-hetero) is 1. The fourth-order valence-corrected chi connectivity index (χ4v) is 8.27. The van der Waals surface area contributed by atoms with Gasteiger partial charge >= 0.3 is 6.03 Å². The van der Waals surface area contributed by atoms with Gasteiger partial charge in [-0.2, -0.15) is 0 Å². The second kappa shape index (κ2) is 11.9. The van der Waals surface area contributed by atoms with Crippen LogP contribution in [0.2, 0.25) is 0 Å². The molecule has 0 aromatic heterocycles. The number of nitrogens with two attached hydrogens (primary N) is 1. The van der Waals surface area contributed by atoms with E-state index in [1.54, 1.807) is 4.90 Å². The molecule has 12 nitrogen and oxygen atoms in total. The Bertz CT molecular complexity index is 1170. The Kier molecular flexibility index (Phi) is 9.51. The van der Waals surface area contributed by atoms with E-state index in [0.29, 0.717) is 19.4 Å². The van der Waals surface area contributed by atoms with Crippen molar-refractivity contribution in [1.29, 1.82) is 0 Å². The minimum absolute atomic E-state index is 0.0394. The number of rotatable bonds is 10. The van der Waals surface area contributed by atoms with E-state index in [1.807, 2.05) is 20.8 Å². The Morgan fingerprint density at radius 3 is 2.17 bits per heavy atom. The average Bonchev–Trinajstić information content (AvgIpc) is 2.83. The first kappa shape index (κ1) is 32.8. The number of hydrogen-bond acceptors (Lipinski definition) is 7. The lowest BCUT2D eigenvalue weighted by atomic mass is 9.49. The zero-order chi connectivity index (χ0) is 31.0. The highest BCUT2D eigenvalue weighted by atomic mass is 32.2. The van der Waals surface area contributed by atoms with Gasteiger partial charge in [0.25, 0.3) is 5.91 Å². The van der Waals surface area contributed by atoms with Crippen molar-refractivity contribution in [3.63, 3.8) is 0 Å². The summed E-state index contributed by atoms with van der Waals surface area (Å²) in [4.78, 5) is 64.7. The highest BCUT2D eigenvalue weighted by Crippen LogP contribution is 2.58. The molecule has 2 aliphatic carbocycles. The maximum absolute atomic E-state index is 14.1. The molecule has 2 bridgehead atoms. The molecule has 41 heavy (non-hydrogen) atoms. The van der Waals surface area contributed by atoms with Gasteiger partial charge in [0.05, 0.1) is 17.8 Å². The summed E-state index contributed by atoms with van der Waals surface area (Å²) in [5, 5.41) is 8.22. The number of carbonyl (C=O) groups is 5. The number of piperidine rings is 2. The SMILES string of the molecule is CC(C)(C)C(NC(=O)NC1(CS(C)(=O)=O)CCCCC1)C(=O)N1C[C@H]2C[C@@H]([C@H]1CC(=O)NCC(=O)C(N)=O)C2(C)C. The second-order valence-electron chi connectivity index (χ2n) is 14.0. The summed E-state index contributed by atoms with van der Waals surface area (Å²) >= 11 is 0. The first-order valence-electron chi connectivity index (χ1n) is 14.4. The molecule has 4 atom stereocenters. The first-order valence-corrected chi connectivity index (χ1v) is 16.5. The van der Waals surface area contributed by atoms with Crippen molar-refractivity contribution in [3.8, 4) is 0 Å². The van der Waals surface area contributed by atoms with Gasteiger partial charge in [0.15, 0.2) is 0 Å². The number of urea groups is 1. The lowest BCUT2D eigenvalue weighted by molar-refractivity contribution is -0.174. The van der Waals surface area contributed by atoms with Crippen LogP contribution < -0.4 is 21.7 Å². The summed E-state index contributed by atoms with van der Waals surface area (Å²) in [6.07, 6.45) is 5.63. The predicted octanol–water partition coefficient (Wildman–Crippen LogP) is 0.882. The summed E-state index contributed by atoms with van der Waals surface area (Å²) in [6, 6.07) is -2.00. The van der Waals surface area contributed by atoms with Gasteiger partial charge in [-0.25, -0.2) is 13.2 Å². The third kappa shape index (κ3) is 7.78. The molecule has 4 rings (SSSR count). The van der Waals surface area contributed by atoms with Crippen LogP contribution >= 0.6 is 0 Å². The summed E-state index contributed by atoms with van der Waals surface area (Å²) in [5.74, 6) is -2.72. The molecule has 5 N–H and O–H groups in total. The normalized spacial score (nSPS) is 25.7. The van der Waals surface area contributed by atoms with Crippen molar-refractivity contribution >= 4 is 39.4 Å². The Balaban J connectivity index is 1.80. The van der Waals surface area contributed by atoms with Crippen LogP contribution in [-0.2, 0) is 29.0 Å². The van der Waals surface area contributed by atoms with E-state index >= 15 is 0 Å². The number of nitrogens with zero attached hydrogens (tertiary/aromatic N) is 1. The second-order valence-corrected chi connectivity index (χ2v) is 16.1. The number of hydrogen-bond donors (Lipinski definition) is 4. The van der Waals surface area contributed by atoms with E-state index in [0.717, 1.165) is 31.9 Å². The van der Waals surface area contributed by atoms with Gasteiger partial charge in [-0.15, -0.1) is 0 Å². The molecule has 2 aliphatic heterocycles. The van der Waals surface area contributed by atoms with Crippen LogP contribution in [0.15, 0.2) is 0 Å². The van der Waals surface area contributed by atoms with Crippen molar-refractivity contribution in [3.05, 3.63) is 0 Å². The largest absolute Gasteiger partial charge is 0.363 e. The summed E-state index contributed by atoms with van der Waals surface area (Å²) in [7, 11) is -3.37. The Morgan fingerprint density at radius 2 is 1.66 bits per heavy atom. The molecule has 4 fully saturated rings. The van der Waals surface area contributed by atoms with E-state index in [4.69, 9.17) is 5.73 Å². The molecular formula is C28H47N5O7S. The number of sulfone groups is 1. The minimum atomic E-state index is -3.37.